The SMILES string of the molecule is COc1cc(C(NC2CC2)C(=O)O)cc(OC)c1OC. The van der Waals surface area contributed by atoms with Crippen LogP contribution in [0.15, 0.2) is 12.1 Å². The standard InChI is InChI=1S/C14H19NO5/c1-18-10-6-8(7-11(19-2)13(10)20-3)12(14(16)17)15-9-4-5-9/h6-7,9,12,15H,4-5H2,1-3H3,(H,16,17). The molecule has 0 bridgehead atoms. The minimum atomic E-state index is -0.925. The zero-order chi connectivity index (χ0) is 14.7. The molecule has 1 aliphatic rings. The first kappa shape index (κ1) is 14.5. The van der Waals surface area contributed by atoms with Crippen LogP contribution < -0.4 is 19.5 Å². The summed E-state index contributed by atoms with van der Waals surface area (Å²) >= 11 is 0. The number of rotatable bonds is 7. The number of ether oxygens (including phenoxy) is 3. The van der Waals surface area contributed by atoms with Crippen LogP contribution >= 0.6 is 0 Å². The molecule has 6 heteroatoms. The van der Waals surface area contributed by atoms with E-state index in [0.29, 0.717) is 22.8 Å². The number of methoxy groups -OCH3 is 3. The molecule has 1 aromatic carbocycles. The first-order valence-electron chi connectivity index (χ1n) is 6.39. The minimum absolute atomic E-state index is 0.273. The number of hydrogen-bond acceptors (Lipinski definition) is 5. The molecule has 1 aromatic rings. The van der Waals surface area contributed by atoms with Crippen LogP contribution in [0.3, 0.4) is 0 Å². The summed E-state index contributed by atoms with van der Waals surface area (Å²) in [4.78, 5) is 11.4. The average Bonchev–Trinajstić information content (AvgIpc) is 3.26. The summed E-state index contributed by atoms with van der Waals surface area (Å²) in [6.07, 6.45) is 2.02. The van der Waals surface area contributed by atoms with Crippen LogP contribution in [0, 0.1) is 0 Å². The Morgan fingerprint density at radius 1 is 1.20 bits per heavy atom. The summed E-state index contributed by atoms with van der Waals surface area (Å²) in [5, 5.41) is 12.5. The first-order chi connectivity index (χ1) is 9.60. The topological polar surface area (TPSA) is 77.0 Å². The molecule has 1 unspecified atom stereocenters. The van der Waals surface area contributed by atoms with Crippen molar-refractivity contribution < 1.29 is 24.1 Å². The van der Waals surface area contributed by atoms with Crippen LogP contribution in [-0.4, -0.2) is 38.4 Å². The lowest BCUT2D eigenvalue weighted by Gasteiger charge is -2.18. The number of carboxylic acids is 1. The van der Waals surface area contributed by atoms with Gasteiger partial charge in [0.25, 0.3) is 0 Å². The molecule has 20 heavy (non-hydrogen) atoms. The third-order valence-electron chi connectivity index (χ3n) is 3.25. The fraction of sp³-hybridized carbons (Fsp3) is 0.500. The van der Waals surface area contributed by atoms with Gasteiger partial charge >= 0.3 is 5.97 Å². The molecule has 0 heterocycles. The van der Waals surface area contributed by atoms with Crippen LogP contribution in [0.5, 0.6) is 17.2 Å². The maximum absolute atomic E-state index is 11.4. The van der Waals surface area contributed by atoms with Crippen molar-refractivity contribution >= 4 is 5.97 Å². The molecule has 0 spiro atoms. The highest BCUT2D eigenvalue weighted by Crippen LogP contribution is 2.40. The summed E-state index contributed by atoms with van der Waals surface area (Å²) < 4.78 is 15.7. The minimum Gasteiger partial charge on any atom is -0.493 e. The summed E-state index contributed by atoms with van der Waals surface area (Å²) in [7, 11) is 4.52. The normalized spacial score (nSPS) is 15.6. The average molecular weight is 281 g/mol. The maximum Gasteiger partial charge on any atom is 0.325 e. The Labute approximate surface area is 117 Å². The van der Waals surface area contributed by atoms with Gasteiger partial charge in [0.05, 0.1) is 21.3 Å². The Hall–Kier alpha value is -1.95. The second-order valence-corrected chi connectivity index (χ2v) is 4.67. The van der Waals surface area contributed by atoms with Gasteiger partial charge in [0.15, 0.2) is 11.5 Å². The van der Waals surface area contributed by atoms with Crippen LogP contribution in [0.2, 0.25) is 0 Å². The number of benzene rings is 1. The molecule has 0 aliphatic heterocycles. The van der Waals surface area contributed by atoms with Crippen molar-refractivity contribution in [1.82, 2.24) is 5.32 Å². The lowest BCUT2D eigenvalue weighted by Crippen LogP contribution is -2.30. The number of nitrogens with one attached hydrogen (secondary N) is 1. The van der Waals surface area contributed by atoms with Crippen molar-refractivity contribution in [2.45, 2.75) is 24.9 Å². The second-order valence-electron chi connectivity index (χ2n) is 4.67. The summed E-state index contributed by atoms with van der Waals surface area (Å²) in [6, 6.07) is 2.82. The summed E-state index contributed by atoms with van der Waals surface area (Å²) in [5.41, 5.74) is 0.582. The molecule has 1 atom stereocenters. The van der Waals surface area contributed by atoms with E-state index in [0.717, 1.165) is 12.8 Å². The smallest absolute Gasteiger partial charge is 0.325 e. The number of aliphatic carboxylic acids is 1. The van der Waals surface area contributed by atoms with E-state index < -0.39 is 12.0 Å². The zero-order valence-electron chi connectivity index (χ0n) is 11.8. The zero-order valence-corrected chi connectivity index (χ0v) is 11.8. The fourth-order valence-corrected chi connectivity index (χ4v) is 2.06. The Kier molecular flexibility index (Phi) is 4.34. The third kappa shape index (κ3) is 2.96. The van der Waals surface area contributed by atoms with Gasteiger partial charge in [-0.3, -0.25) is 10.1 Å². The van der Waals surface area contributed by atoms with Gasteiger partial charge in [0.2, 0.25) is 5.75 Å². The van der Waals surface area contributed by atoms with Gasteiger partial charge in [-0.1, -0.05) is 0 Å². The van der Waals surface area contributed by atoms with Crippen LogP contribution in [0.25, 0.3) is 0 Å². The van der Waals surface area contributed by atoms with Crippen LogP contribution in [0.4, 0.5) is 0 Å². The van der Waals surface area contributed by atoms with Gasteiger partial charge in [-0.25, -0.2) is 0 Å². The maximum atomic E-state index is 11.4. The van der Waals surface area contributed by atoms with Gasteiger partial charge in [-0.05, 0) is 30.5 Å². The lowest BCUT2D eigenvalue weighted by atomic mass is 10.1. The van der Waals surface area contributed by atoms with E-state index in [9.17, 15) is 9.90 Å². The molecule has 110 valence electrons. The van der Waals surface area contributed by atoms with Gasteiger partial charge in [0.1, 0.15) is 6.04 Å². The third-order valence-corrected chi connectivity index (χ3v) is 3.25. The lowest BCUT2D eigenvalue weighted by molar-refractivity contribution is -0.139. The number of hydrogen-bond donors (Lipinski definition) is 2. The van der Waals surface area contributed by atoms with Crippen molar-refractivity contribution in [3.63, 3.8) is 0 Å². The molecule has 0 saturated heterocycles. The highest BCUT2D eigenvalue weighted by Gasteiger charge is 2.30. The Morgan fingerprint density at radius 3 is 2.10 bits per heavy atom. The van der Waals surface area contributed by atoms with Gasteiger partial charge in [-0.2, -0.15) is 0 Å². The van der Waals surface area contributed by atoms with Crippen molar-refractivity contribution in [3.8, 4) is 17.2 Å². The van der Waals surface area contributed by atoms with E-state index in [4.69, 9.17) is 14.2 Å². The first-order valence-corrected chi connectivity index (χ1v) is 6.39. The molecule has 2 N–H and O–H groups in total. The van der Waals surface area contributed by atoms with E-state index in [1.807, 2.05) is 0 Å². The quantitative estimate of drug-likeness (QED) is 0.790. The molecule has 1 aliphatic carbocycles. The Bertz CT molecular complexity index is 473. The van der Waals surface area contributed by atoms with Crippen molar-refractivity contribution in [1.29, 1.82) is 0 Å². The van der Waals surface area contributed by atoms with Gasteiger partial charge in [-0.15, -0.1) is 0 Å². The largest absolute Gasteiger partial charge is 0.493 e. The Morgan fingerprint density at radius 2 is 1.75 bits per heavy atom. The molecule has 1 saturated carbocycles. The molecular weight excluding hydrogens is 262 g/mol. The fourth-order valence-electron chi connectivity index (χ4n) is 2.06. The van der Waals surface area contributed by atoms with E-state index >= 15 is 0 Å². The molecular formula is C14H19NO5. The van der Waals surface area contributed by atoms with Crippen LogP contribution in [-0.2, 0) is 4.79 Å². The Balaban J connectivity index is 2.40. The van der Waals surface area contributed by atoms with Crippen molar-refractivity contribution in [2.24, 2.45) is 0 Å². The highest BCUT2D eigenvalue weighted by atomic mass is 16.5. The molecule has 0 aromatic heterocycles. The molecule has 6 nitrogen and oxygen atoms in total. The van der Waals surface area contributed by atoms with Crippen molar-refractivity contribution in [3.05, 3.63) is 17.7 Å². The molecule has 0 radical (unpaired) electrons. The van der Waals surface area contributed by atoms with E-state index in [1.165, 1.54) is 21.3 Å². The monoisotopic (exact) mass is 281 g/mol. The van der Waals surface area contributed by atoms with Crippen molar-refractivity contribution in [2.75, 3.05) is 21.3 Å². The van der Waals surface area contributed by atoms with E-state index in [1.54, 1.807) is 12.1 Å². The predicted molar refractivity (Wildman–Crippen MR) is 72.6 cm³/mol. The van der Waals surface area contributed by atoms with E-state index in [2.05, 4.69) is 5.32 Å². The predicted octanol–water partition coefficient (Wildman–Crippen LogP) is 1.59. The molecule has 0 amide bonds. The van der Waals surface area contributed by atoms with E-state index in [-0.39, 0.29) is 6.04 Å². The highest BCUT2D eigenvalue weighted by molar-refractivity contribution is 5.76. The number of carbonyl (C=O) groups is 1. The second kappa shape index (κ2) is 6.00. The summed E-state index contributed by atoms with van der Waals surface area (Å²) in [5.74, 6) is 0.428. The number of carboxylic acid groups (broad SMARTS) is 1. The van der Waals surface area contributed by atoms with Gasteiger partial charge < -0.3 is 19.3 Å². The summed E-state index contributed by atoms with van der Waals surface area (Å²) in [6.45, 7) is 0. The van der Waals surface area contributed by atoms with Gasteiger partial charge in [0, 0.05) is 6.04 Å². The molecule has 1 fully saturated rings. The molecule has 2 rings (SSSR count). The van der Waals surface area contributed by atoms with Crippen LogP contribution in [0.1, 0.15) is 24.4 Å².